The van der Waals surface area contributed by atoms with Crippen molar-refractivity contribution in [2.75, 3.05) is 18.8 Å². The van der Waals surface area contributed by atoms with Gasteiger partial charge < -0.3 is 5.32 Å². The monoisotopic (exact) mass is 442 g/mol. The molecule has 1 aromatic heterocycles. The van der Waals surface area contributed by atoms with Gasteiger partial charge >= 0.3 is 0 Å². The maximum atomic E-state index is 13.5. The number of nitrogens with zero attached hydrogens (tertiary/aromatic N) is 5. The number of thioether (sulfide) groups is 1. The molecule has 4 rings (SSSR count). The smallest absolute Gasteiger partial charge is 0.231 e. The van der Waals surface area contributed by atoms with Gasteiger partial charge in [-0.15, -0.1) is 10.2 Å². The van der Waals surface area contributed by atoms with Gasteiger partial charge in [-0.2, -0.15) is 5.26 Å². The van der Waals surface area contributed by atoms with Gasteiger partial charge in [0.15, 0.2) is 11.0 Å². The number of rotatable bonds is 7. The molecule has 9 heteroatoms. The van der Waals surface area contributed by atoms with E-state index in [1.165, 1.54) is 43.2 Å². The van der Waals surface area contributed by atoms with Crippen LogP contribution in [0.25, 0.3) is 5.69 Å². The number of aromatic nitrogens is 3. The van der Waals surface area contributed by atoms with Crippen molar-refractivity contribution in [2.24, 2.45) is 0 Å². The van der Waals surface area contributed by atoms with E-state index in [2.05, 4.69) is 26.5 Å². The maximum absolute atomic E-state index is 13.5. The van der Waals surface area contributed by atoms with Gasteiger partial charge in [0.2, 0.25) is 5.91 Å². The molecule has 1 saturated heterocycles. The van der Waals surface area contributed by atoms with Crippen LogP contribution >= 0.6 is 11.8 Å². The van der Waals surface area contributed by atoms with Crippen LogP contribution in [0.15, 0.2) is 29.4 Å². The number of nitriles is 1. The van der Waals surface area contributed by atoms with Gasteiger partial charge in [-0.3, -0.25) is 14.3 Å². The fourth-order valence-electron chi connectivity index (χ4n) is 4.34. The lowest BCUT2D eigenvalue weighted by Crippen LogP contribution is -2.45. The van der Waals surface area contributed by atoms with Crippen molar-refractivity contribution in [3.8, 4) is 11.8 Å². The van der Waals surface area contributed by atoms with Crippen LogP contribution in [-0.4, -0.2) is 50.0 Å². The number of piperidine rings is 1. The summed E-state index contributed by atoms with van der Waals surface area (Å²) in [5.41, 5.74) is 0.0347. The third-order valence-electron chi connectivity index (χ3n) is 5.98. The topological polar surface area (TPSA) is 86.8 Å². The Balaban J connectivity index is 1.50. The van der Waals surface area contributed by atoms with Crippen LogP contribution < -0.4 is 5.32 Å². The fraction of sp³-hybridized carbons (Fsp3) is 0.545. The van der Waals surface area contributed by atoms with Crippen LogP contribution in [0.3, 0.4) is 0 Å². The molecule has 0 bridgehead atoms. The first-order valence-electron chi connectivity index (χ1n) is 10.9. The second-order valence-corrected chi connectivity index (χ2v) is 9.23. The summed E-state index contributed by atoms with van der Waals surface area (Å²) < 4.78 is 15.4. The molecule has 2 heterocycles. The molecule has 1 aliphatic carbocycles. The van der Waals surface area contributed by atoms with E-state index >= 15 is 0 Å². The van der Waals surface area contributed by atoms with Crippen LogP contribution in [0.4, 0.5) is 4.39 Å². The number of hydrogen-bond acceptors (Lipinski definition) is 6. The van der Waals surface area contributed by atoms with E-state index in [4.69, 9.17) is 0 Å². The van der Waals surface area contributed by atoms with Crippen LogP contribution in [0.2, 0.25) is 0 Å². The average Bonchev–Trinajstić information content (AvgIpc) is 3.41. The summed E-state index contributed by atoms with van der Waals surface area (Å²) in [6, 6.07) is 8.51. The molecular formula is C22H27FN6OS. The molecule has 0 radical (unpaired) electrons. The second kappa shape index (κ2) is 9.79. The fourth-order valence-corrected chi connectivity index (χ4v) is 5.11. The number of halogens is 1. The van der Waals surface area contributed by atoms with Gasteiger partial charge in [-0.25, -0.2) is 4.39 Å². The highest BCUT2D eigenvalue weighted by molar-refractivity contribution is 7.99. The van der Waals surface area contributed by atoms with Gasteiger partial charge in [0, 0.05) is 5.69 Å². The number of nitrogens with one attached hydrogen (secondary N) is 1. The van der Waals surface area contributed by atoms with E-state index < -0.39 is 5.54 Å². The molecule has 1 amide bonds. The summed E-state index contributed by atoms with van der Waals surface area (Å²) in [6.45, 7) is 2.71. The van der Waals surface area contributed by atoms with E-state index in [1.807, 2.05) is 4.57 Å². The highest BCUT2D eigenvalue weighted by Gasteiger charge is 2.35. The highest BCUT2D eigenvalue weighted by atomic mass is 32.2. The minimum Gasteiger partial charge on any atom is -0.337 e. The molecular weight excluding hydrogens is 415 g/mol. The first-order chi connectivity index (χ1) is 15.1. The Morgan fingerprint density at radius 3 is 2.52 bits per heavy atom. The van der Waals surface area contributed by atoms with Gasteiger partial charge in [0.1, 0.15) is 11.4 Å². The predicted octanol–water partition coefficient (Wildman–Crippen LogP) is 3.44. The summed E-state index contributed by atoms with van der Waals surface area (Å²) >= 11 is 1.29. The lowest BCUT2D eigenvalue weighted by atomic mass is 10.0. The number of benzene rings is 1. The van der Waals surface area contributed by atoms with Gasteiger partial charge in [0.05, 0.1) is 18.4 Å². The molecule has 1 aromatic carbocycles. The van der Waals surface area contributed by atoms with E-state index in [1.54, 1.807) is 12.1 Å². The zero-order valence-electron chi connectivity index (χ0n) is 17.5. The Bertz CT molecular complexity index is 942. The zero-order valence-corrected chi connectivity index (χ0v) is 18.3. The van der Waals surface area contributed by atoms with Crippen LogP contribution in [-0.2, 0) is 11.3 Å². The van der Waals surface area contributed by atoms with E-state index in [9.17, 15) is 14.4 Å². The number of carbonyl (C=O) groups is 1. The third-order valence-corrected chi connectivity index (χ3v) is 6.91. The third kappa shape index (κ3) is 5.25. The molecule has 164 valence electrons. The Hall–Kier alpha value is -2.44. The van der Waals surface area contributed by atoms with Crippen molar-refractivity contribution in [3.05, 3.63) is 35.9 Å². The molecule has 2 aliphatic rings. The van der Waals surface area contributed by atoms with Gasteiger partial charge in [0.25, 0.3) is 0 Å². The lowest BCUT2D eigenvalue weighted by Gasteiger charge is -2.26. The van der Waals surface area contributed by atoms with Gasteiger partial charge in [-0.1, -0.05) is 18.2 Å². The first kappa shape index (κ1) is 21.8. The van der Waals surface area contributed by atoms with Crippen LogP contribution in [0.5, 0.6) is 0 Å². The summed E-state index contributed by atoms with van der Waals surface area (Å²) in [7, 11) is 0. The highest BCUT2D eigenvalue weighted by Crippen LogP contribution is 2.29. The molecule has 2 fully saturated rings. The van der Waals surface area contributed by atoms with Crippen molar-refractivity contribution in [3.63, 3.8) is 0 Å². The van der Waals surface area contributed by atoms with Crippen molar-refractivity contribution < 1.29 is 9.18 Å². The Morgan fingerprint density at radius 2 is 1.84 bits per heavy atom. The second-order valence-electron chi connectivity index (χ2n) is 8.29. The normalized spacial score (nSPS) is 18.6. The summed E-state index contributed by atoms with van der Waals surface area (Å²) in [4.78, 5) is 14.9. The molecule has 1 saturated carbocycles. The standard InChI is InChI=1S/C22H27FN6OS/c23-17-6-8-18(9-7-17)29-19(14-28-12-4-1-5-13-28)26-27-21(29)31-15-20(30)25-22(16-24)10-2-3-11-22/h6-9H,1-5,10-15H2,(H,25,30). The van der Waals surface area contributed by atoms with Crippen LogP contribution in [0, 0.1) is 17.1 Å². The Morgan fingerprint density at radius 1 is 1.13 bits per heavy atom. The molecule has 2 aromatic rings. The van der Waals surface area contributed by atoms with Gasteiger partial charge in [-0.05, 0) is 75.9 Å². The van der Waals surface area contributed by atoms with Crippen molar-refractivity contribution in [1.29, 1.82) is 5.26 Å². The summed E-state index contributed by atoms with van der Waals surface area (Å²) in [5.74, 6) is 0.439. The van der Waals surface area contributed by atoms with Crippen LogP contribution in [0.1, 0.15) is 50.8 Å². The largest absolute Gasteiger partial charge is 0.337 e. The average molecular weight is 443 g/mol. The van der Waals surface area contributed by atoms with Crippen molar-refractivity contribution in [1.82, 2.24) is 25.0 Å². The Kier molecular flexibility index (Phi) is 6.88. The lowest BCUT2D eigenvalue weighted by molar-refractivity contribution is -0.119. The minimum absolute atomic E-state index is 0.145. The molecule has 0 spiro atoms. The summed E-state index contributed by atoms with van der Waals surface area (Å²) in [5, 5.41) is 21.7. The number of amides is 1. The number of hydrogen-bond donors (Lipinski definition) is 1. The van der Waals surface area contributed by atoms with E-state index in [-0.39, 0.29) is 17.5 Å². The number of carbonyl (C=O) groups excluding carboxylic acids is 1. The van der Waals surface area contributed by atoms with E-state index in [0.29, 0.717) is 24.5 Å². The molecule has 0 unspecified atom stereocenters. The molecule has 1 N–H and O–H groups in total. The molecule has 0 atom stereocenters. The van der Waals surface area contributed by atoms with Crippen molar-refractivity contribution in [2.45, 2.75) is 62.2 Å². The minimum atomic E-state index is -0.734. The Labute approximate surface area is 186 Å². The molecule has 7 nitrogen and oxygen atoms in total. The predicted molar refractivity (Wildman–Crippen MR) is 116 cm³/mol. The molecule has 1 aliphatic heterocycles. The first-order valence-corrected chi connectivity index (χ1v) is 11.8. The van der Waals surface area contributed by atoms with E-state index in [0.717, 1.165) is 37.4 Å². The summed E-state index contributed by atoms with van der Waals surface area (Å²) in [6.07, 6.45) is 6.92. The SMILES string of the molecule is N#CC1(NC(=O)CSc2nnc(CN3CCCCC3)n2-c2ccc(F)cc2)CCCC1. The number of likely N-dealkylation sites (tertiary alicyclic amines) is 1. The molecule has 31 heavy (non-hydrogen) atoms. The van der Waals surface area contributed by atoms with Crippen molar-refractivity contribution >= 4 is 17.7 Å². The zero-order chi connectivity index (χ0) is 21.7. The quantitative estimate of drug-likeness (QED) is 0.661. The maximum Gasteiger partial charge on any atom is 0.231 e.